The van der Waals surface area contributed by atoms with E-state index in [9.17, 15) is 19.0 Å². The molecule has 0 amide bonds. The van der Waals surface area contributed by atoms with Crippen LogP contribution in [0.2, 0.25) is 0 Å². The molecule has 0 spiro atoms. The molecule has 10 heteroatoms. The maximum absolute atomic E-state index is 12.9. The van der Waals surface area contributed by atoms with Gasteiger partial charge in [0.25, 0.3) is 0 Å². The summed E-state index contributed by atoms with van der Waals surface area (Å²) in [6, 6.07) is 0. The second-order valence-corrected chi connectivity index (χ2v) is 28.8. The third kappa shape index (κ3) is 76.1. The molecule has 9 nitrogen and oxygen atoms in total. The third-order valence-corrected chi connectivity index (χ3v) is 18.2. The van der Waals surface area contributed by atoms with Crippen LogP contribution in [-0.4, -0.2) is 74.9 Å². The summed E-state index contributed by atoms with van der Waals surface area (Å²) in [5.41, 5.74) is 0. The number of hydrogen-bond donors (Lipinski definition) is 1. The number of unbranched alkanes of at least 4 members (excludes halogenated alkanes) is 44. The van der Waals surface area contributed by atoms with Gasteiger partial charge >= 0.3 is 19.8 Å². The molecule has 0 saturated carbocycles. The normalized spacial score (nSPS) is 13.5. The van der Waals surface area contributed by atoms with E-state index in [-0.39, 0.29) is 25.6 Å². The number of phosphoric acid groups is 1. The molecule has 2 atom stereocenters. The van der Waals surface area contributed by atoms with Crippen molar-refractivity contribution in [2.24, 2.45) is 0 Å². The smallest absolute Gasteiger partial charge is 0.462 e. The maximum Gasteiger partial charge on any atom is 0.472 e. The van der Waals surface area contributed by atoms with Crippen molar-refractivity contribution in [3.8, 4) is 0 Å². The first-order chi connectivity index (χ1) is 44.5. The van der Waals surface area contributed by atoms with Crippen LogP contribution in [-0.2, 0) is 32.7 Å². The van der Waals surface area contributed by atoms with E-state index in [1.807, 2.05) is 21.1 Å². The molecule has 0 heterocycles. The van der Waals surface area contributed by atoms with E-state index in [1.165, 1.54) is 250 Å². The number of likely N-dealkylation sites (N-methyl/N-ethyl adjacent to an activating group) is 1. The summed E-state index contributed by atoms with van der Waals surface area (Å²) in [5, 5.41) is 0. The van der Waals surface area contributed by atoms with Crippen molar-refractivity contribution in [2.75, 3.05) is 47.5 Å². The van der Waals surface area contributed by atoms with Crippen LogP contribution in [0.15, 0.2) is 85.1 Å². The first-order valence-electron chi connectivity index (χ1n) is 38.8. The highest BCUT2D eigenvalue weighted by Crippen LogP contribution is 2.43. The highest BCUT2D eigenvalue weighted by Gasteiger charge is 2.27. The zero-order valence-electron chi connectivity index (χ0n) is 60.6. The average Bonchev–Trinajstić information content (AvgIpc) is 3.73. The Morgan fingerprint density at radius 2 is 0.626 bits per heavy atom. The van der Waals surface area contributed by atoms with Gasteiger partial charge in [-0.25, -0.2) is 4.57 Å². The van der Waals surface area contributed by atoms with Gasteiger partial charge in [-0.15, -0.1) is 0 Å². The molecular weight excluding hydrogens is 1150 g/mol. The van der Waals surface area contributed by atoms with E-state index in [1.54, 1.807) is 0 Å². The van der Waals surface area contributed by atoms with Gasteiger partial charge in [0, 0.05) is 12.8 Å². The van der Waals surface area contributed by atoms with Gasteiger partial charge in [-0.1, -0.05) is 369 Å². The fraction of sp³-hybridized carbons (Fsp3) is 0.802. The van der Waals surface area contributed by atoms with Crippen molar-refractivity contribution in [3.05, 3.63) is 85.1 Å². The maximum atomic E-state index is 12.9. The molecule has 1 N–H and O–H groups in total. The van der Waals surface area contributed by atoms with Gasteiger partial charge in [-0.2, -0.15) is 0 Å². The Labute approximate surface area is 564 Å². The summed E-state index contributed by atoms with van der Waals surface area (Å²) >= 11 is 0. The molecule has 0 aliphatic heterocycles. The Kier molecular flexibility index (Phi) is 69.3. The van der Waals surface area contributed by atoms with E-state index >= 15 is 0 Å². The SMILES string of the molecule is CC/C=C\C/C=C\C/C=C\C/C=C\C/C=C\C/C=C\C/C=C\CCCCCCCCCCCCCCCC(=O)OC(COC(=O)CCCCCCCCCCCCCCCCCCCCCCCCCCCCCCCCCC)COP(=O)(O)OCC[N+](C)(C)C. The van der Waals surface area contributed by atoms with Gasteiger partial charge in [0.1, 0.15) is 19.8 Å². The zero-order chi connectivity index (χ0) is 66.2. The van der Waals surface area contributed by atoms with Crippen LogP contribution in [0.3, 0.4) is 0 Å². The minimum Gasteiger partial charge on any atom is -0.462 e. The number of nitrogens with zero attached hydrogens (tertiary/aromatic N) is 1. The van der Waals surface area contributed by atoms with Crippen LogP contribution in [0.1, 0.15) is 367 Å². The molecule has 530 valence electrons. The van der Waals surface area contributed by atoms with Crippen LogP contribution in [0.25, 0.3) is 0 Å². The predicted octanol–water partition coefficient (Wildman–Crippen LogP) is 25.7. The number of quaternary nitrogens is 1. The molecule has 0 rings (SSSR count). The van der Waals surface area contributed by atoms with E-state index in [2.05, 4.69) is 98.9 Å². The monoisotopic (exact) mass is 1300 g/mol. The highest BCUT2D eigenvalue weighted by atomic mass is 31.2. The van der Waals surface area contributed by atoms with Crippen LogP contribution in [0, 0.1) is 0 Å². The molecule has 0 aromatic heterocycles. The molecule has 0 aliphatic carbocycles. The molecule has 0 saturated heterocycles. The first-order valence-corrected chi connectivity index (χ1v) is 40.3. The number of rotatable bonds is 72. The molecule has 0 aromatic rings. The lowest BCUT2D eigenvalue weighted by atomic mass is 10.0. The highest BCUT2D eigenvalue weighted by molar-refractivity contribution is 7.47. The van der Waals surface area contributed by atoms with Crippen LogP contribution in [0.5, 0.6) is 0 Å². The minimum atomic E-state index is -4.40. The first kappa shape index (κ1) is 88.2. The largest absolute Gasteiger partial charge is 0.472 e. The Hall–Kier alpha value is -2.81. The third-order valence-electron chi connectivity index (χ3n) is 17.2. The van der Waals surface area contributed by atoms with Gasteiger partial charge in [0.2, 0.25) is 0 Å². The van der Waals surface area contributed by atoms with Crippen molar-refractivity contribution >= 4 is 19.8 Å². The minimum absolute atomic E-state index is 0.0310. The summed E-state index contributed by atoms with van der Waals surface area (Å²) in [4.78, 5) is 36.0. The van der Waals surface area contributed by atoms with E-state index in [0.717, 1.165) is 83.5 Å². The summed E-state index contributed by atoms with van der Waals surface area (Å²) < 4.78 is 34.8. The van der Waals surface area contributed by atoms with Crippen molar-refractivity contribution in [2.45, 2.75) is 373 Å². The number of hydrogen-bond acceptors (Lipinski definition) is 7. The standard InChI is InChI=1S/C81H148NO8P/c1-6-8-10-12-14-16-18-20-22-24-26-28-30-32-34-36-38-40-41-42-44-46-48-50-52-54-56-58-60-62-64-66-68-70-72-74-81(84)90-79(78-89-91(85,86)88-76-75-82(3,4)5)77-87-80(83)73-71-69-67-65-63-61-59-57-55-53-51-49-47-45-43-39-37-35-33-31-29-27-25-23-21-19-17-15-13-11-9-7-2/h8,10,14,16,20,22,26,28,32,34,38,40,42,44,79H,6-7,9,11-13,15,17-19,21,23-25,27,29-31,33,35-37,39,41,43,45-78H2,1-5H3/p+1/b10-8-,16-14-,22-20-,28-26-,34-32-,40-38-,44-42-. The number of phosphoric ester groups is 1. The van der Waals surface area contributed by atoms with Crippen LogP contribution < -0.4 is 0 Å². The van der Waals surface area contributed by atoms with E-state index < -0.39 is 26.5 Å². The number of allylic oxidation sites excluding steroid dienone is 14. The van der Waals surface area contributed by atoms with Gasteiger partial charge in [-0.3, -0.25) is 18.6 Å². The Morgan fingerprint density at radius 1 is 0.352 bits per heavy atom. The topological polar surface area (TPSA) is 108 Å². The molecule has 0 radical (unpaired) electrons. The molecule has 2 unspecified atom stereocenters. The summed E-state index contributed by atoms with van der Waals surface area (Å²) in [7, 11) is 1.49. The lowest BCUT2D eigenvalue weighted by molar-refractivity contribution is -0.870. The number of carbonyl (C=O) groups excluding carboxylic acids is 2. The molecule has 0 aromatic carbocycles. The fourth-order valence-corrected chi connectivity index (χ4v) is 12.0. The molecule has 0 bridgehead atoms. The van der Waals surface area contributed by atoms with Crippen molar-refractivity contribution in [1.82, 2.24) is 0 Å². The quantitative estimate of drug-likeness (QED) is 0.0211. The number of ether oxygens (including phenoxy) is 2. The second-order valence-electron chi connectivity index (χ2n) is 27.4. The van der Waals surface area contributed by atoms with Gasteiger partial charge in [0.05, 0.1) is 27.7 Å². The average molecular weight is 1300 g/mol. The van der Waals surface area contributed by atoms with E-state index in [0.29, 0.717) is 23.9 Å². The van der Waals surface area contributed by atoms with Crippen LogP contribution in [0.4, 0.5) is 0 Å². The lowest BCUT2D eigenvalue weighted by Gasteiger charge is -2.24. The zero-order valence-corrected chi connectivity index (χ0v) is 61.5. The Morgan fingerprint density at radius 3 is 0.934 bits per heavy atom. The summed E-state index contributed by atoms with van der Waals surface area (Å²) in [6.07, 6.45) is 98.6. The van der Waals surface area contributed by atoms with Gasteiger partial charge in [-0.05, 0) is 70.6 Å². The van der Waals surface area contributed by atoms with Crippen molar-refractivity contribution in [3.63, 3.8) is 0 Å². The molecular formula is C81H149NO8P+. The summed E-state index contributed by atoms with van der Waals surface area (Å²) in [6.45, 7) is 4.38. The lowest BCUT2D eigenvalue weighted by Crippen LogP contribution is -2.37. The molecule has 0 aliphatic rings. The van der Waals surface area contributed by atoms with Gasteiger partial charge in [0.15, 0.2) is 6.10 Å². The van der Waals surface area contributed by atoms with Crippen molar-refractivity contribution in [1.29, 1.82) is 0 Å². The Balaban J connectivity index is 3.98. The molecule has 0 fully saturated rings. The predicted molar refractivity (Wildman–Crippen MR) is 395 cm³/mol. The van der Waals surface area contributed by atoms with E-state index in [4.69, 9.17) is 18.5 Å². The van der Waals surface area contributed by atoms with Crippen molar-refractivity contribution < 1.29 is 42.1 Å². The number of esters is 2. The van der Waals surface area contributed by atoms with Gasteiger partial charge < -0.3 is 18.9 Å². The molecule has 91 heavy (non-hydrogen) atoms. The fourth-order valence-electron chi connectivity index (χ4n) is 11.3. The van der Waals surface area contributed by atoms with Crippen LogP contribution >= 0.6 is 7.82 Å². The number of carbonyl (C=O) groups is 2. The second kappa shape index (κ2) is 71.5. The Bertz CT molecular complexity index is 1810. The summed E-state index contributed by atoms with van der Waals surface area (Å²) in [5.74, 6) is -0.783.